The molecule has 1 amide bonds. The number of likely N-dealkylation sites (tertiary alicyclic amines) is 1. The molecule has 41 heavy (non-hydrogen) atoms. The van der Waals surface area contributed by atoms with Crippen LogP contribution in [-0.4, -0.2) is 59.4 Å². The molecule has 0 aromatic heterocycles. The SMILES string of the molecule is O=C(NCC(F)(F)F)C1(CCCCN2CCC(NC(O)c3ccc(O)cc3)CC2)c2ccccc2-c2ccccc21. The second kappa shape index (κ2) is 12.2. The number of nitrogens with one attached hydrogen (secondary N) is 2. The average molecular weight is 568 g/mol. The van der Waals surface area contributed by atoms with E-state index in [4.69, 9.17) is 0 Å². The number of phenols is 1. The summed E-state index contributed by atoms with van der Waals surface area (Å²) >= 11 is 0. The van der Waals surface area contributed by atoms with E-state index in [9.17, 15) is 28.2 Å². The molecule has 218 valence electrons. The van der Waals surface area contributed by atoms with Gasteiger partial charge in [0.15, 0.2) is 0 Å². The molecule has 1 fully saturated rings. The Morgan fingerprint density at radius 3 is 2.10 bits per heavy atom. The molecule has 5 rings (SSSR count). The van der Waals surface area contributed by atoms with Gasteiger partial charge in [-0.15, -0.1) is 0 Å². The molecule has 1 atom stereocenters. The van der Waals surface area contributed by atoms with Crippen molar-refractivity contribution in [2.75, 3.05) is 26.2 Å². The standard InChI is InChI=1S/C32H36F3N3O3/c33-32(34,35)21-36-30(41)31(27-9-3-1-7-25(27)26-8-2-4-10-28(26)31)17-5-6-18-38-19-15-23(16-20-38)37-29(40)22-11-13-24(39)14-12-22/h1-4,7-14,23,29,37,39-40H,5-6,15-21H2,(H,36,41). The van der Waals surface area contributed by atoms with Crippen LogP contribution >= 0.6 is 0 Å². The predicted molar refractivity (Wildman–Crippen MR) is 151 cm³/mol. The first-order valence-electron chi connectivity index (χ1n) is 14.2. The molecule has 3 aromatic carbocycles. The van der Waals surface area contributed by atoms with Crippen molar-refractivity contribution >= 4 is 5.91 Å². The van der Waals surface area contributed by atoms with E-state index >= 15 is 0 Å². The minimum atomic E-state index is -4.49. The van der Waals surface area contributed by atoms with Crippen LogP contribution in [0.4, 0.5) is 13.2 Å². The molecule has 0 spiro atoms. The molecule has 1 aliphatic heterocycles. The quantitative estimate of drug-likeness (QED) is 0.199. The zero-order chi connectivity index (χ0) is 29.0. The normalized spacial score (nSPS) is 17.6. The lowest BCUT2D eigenvalue weighted by Crippen LogP contribution is -2.47. The summed E-state index contributed by atoms with van der Waals surface area (Å²) in [6.45, 7) is 1.20. The lowest BCUT2D eigenvalue weighted by atomic mass is 9.73. The van der Waals surface area contributed by atoms with Crippen LogP contribution in [0.15, 0.2) is 72.8 Å². The van der Waals surface area contributed by atoms with Crippen LogP contribution in [0.3, 0.4) is 0 Å². The third kappa shape index (κ3) is 6.42. The van der Waals surface area contributed by atoms with Crippen molar-refractivity contribution < 1.29 is 28.2 Å². The topological polar surface area (TPSA) is 84.8 Å². The van der Waals surface area contributed by atoms with Crippen LogP contribution in [0.25, 0.3) is 11.1 Å². The van der Waals surface area contributed by atoms with E-state index in [1.807, 2.05) is 48.5 Å². The first-order chi connectivity index (χ1) is 19.7. The summed E-state index contributed by atoms with van der Waals surface area (Å²) in [5.41, 5.74) is 2.86. The van der Waals surface area contributed by atoms with Crippen LogP contribution in [0.5, 0.6) is 5.75 Å². The van der Waals surface area contributed by atoms with E-state index in [-0.39, 0.29) is 11.8 Å². The second-order valence-corrected chi connectivity index (χ2v) is 11.0. The van der Waals surface area contributed by atoms with Gasteiger partial charge >= 0.3 is 6.18 Å². The number of nitrogens with zero attached hydrogens (tertiary/aromatic N) is 1. The summed E-state index contributed by atoms with van der Waals surface area (Å²) in [5.74, 6) is -0.449. The van der Waals surface area contributed by atoms with Gasteiger partial charge in [-0.3, -0.25) is 10.1 Å². The Morgan fingerprint density at radius 2 is 1.51 bits per heavy atom. The number of hydrogen-bond donors (Lipinski definition) is 4. The molecule has 0 bridgehead atoms. The molecule has 4 N–H and O–H groups in total. The summed E-state index contributed by atoms with van der Waals surface area (Å²) in [4.78, 5) is 16.0. The Morgan fingerprint density at radius 1 is 0.927 bits per heavy atom. The third-order valence-corrected chi connectivity index (χ3v) is 8.37. The number of halogens is 3. The molecule has 9 heteroatoms. The number of piperidine rings is 1. The number of aromatic hydroxyl groups is 1. The van der Waals surface area contributed by atoms with E-state index in [1.54, 1.807) is 24.3 Å². The number of carbonyl (C=O) groups is 1. The highest BCUT2D eigenvalue weighted by molar-refractivity contribution is 6.00. The number of fused-ring (bicyclic) bond motifs is 3. The highest BCUT2D eigenvalue weighted by atomic mass is 19.4. The van der Waals surface area contributed by atoms with Gasteiger partial charge in [0.1, 0.15) is 23.9 Å². The van der Waals surface area contributed by atoms with Crippen molar-refractivity contribution in [3.8, 4) is 16.9 Å². The number of aliphatic hydroxyl groups excluding tert-OH is 1. The highest BCUT2D eigenvalue weighted by Gasteiger charge is 2.49. The molecule has 0 radical (unpaired) electrons. The summed E-state index contributed by atoms with van der Waals surface area (Å²) < 4.78 is 39.2. The van der Waals surface area contributed by atoms with Crippen LogP contribution in [0, 0.1) is 0 Å². The summed E-state index contributed by atoms with van der Waals surface area (Å²) in [6, 6.07) is 21.7. The van der Waals surface area contributed by atoms with Crippen molar-refractivity contribution in [2.45, 2.75) is 56.0 Å². The van der Waals surface area contributed by atoms with Crippen molar-refractivity contribution in [1.82, 2.24) is 15.5 Å². The summed E-state index contributed by atoms with van der Waals surface area (Å²) in [5, 5.41) is 25.4. The molecule has 2 aliphatic rings. The van der Waals surface area contributed by atoms with Gasteiger partial charge in [0.05, 0.1) is 0 Å². The first kappa shape index (κ1) is 29.1. The van der Waals surface area contributed by atoms with Gasteiger partial charge in [-0.25, -0.2) is 0 Å². The fourth-order valence-electron chi connectivity index (χ4n) is 6.31. The molecule has 1 heterocycles. The number of hydrogen-bond acceptors (Lipinski definition) is 5. The molecule has 1 aliphatic carbocycles. The van der Waals surface area contributed by atoms with E-state index in [2.05, 4.69) is 15.5 Å². The number of alkyl halides is 3. The van der Waals surface area contributed by atoms with Crippen molar-refractivity contribution in [2.24, 2.45) is 0 Å². The number of benzene rings is 3. The van der Waals surface area contributed by atoms with Gasteiger partial charge in [0.2, 0.25) is 5.91 Å². The molecule has 1 unspecified atom stereocenters. The average Bonchev–Trinajstić information content (AvgIpc) is 3.25. The van der Waals surface area contributed by atoms with Crippen LogP contribution in [0.1, 0.15) is 55.0 Å². The van der Waals surface area contributed by atoms with Gasteiger partial charge in [-0.1, -0.05) is 67.1 Å². The van der Waals surface area contributed by atoms with Gasteiger partial charge in [0.25, 0.3) is 0 Å². The fraction of sp³-hybridized carbons (Fsp3) is 0.406. The zero-order valence-electron chi connectivity index (χ0n) is 22.8. The molecular weight excluding hydrogens is 531 g/mol. The number of aliphatic hydroxyl groups is 1. The maximum Gasteiger partial charge on any atom is 0.405 e. The van der Waals surface area contributed by atoms with Crippen molar-refractivity contribution in [3.63, 3.8) is 0 Å². The molecule has 3 aromatic rings. The van der Waals surface area contributed by atoms with Gasteiger partial charge in [0, 0.05) is 6.04 Å². The van der Waals surface area contributed by atoms with Crippen LogP contribution in [0.2, 0.25) is 0 Å². The second-order valence-electron chi connectivity index (χ2n) is 11.0. The number of amides is 1. The third-order valence-electron chi connectivity index (χ3n) is 8.37. The van der Waals surface area contributed by atoms with Gasteiger partial charge in [-0.05, 0) is 85.3 Å². The van der Waals surface area contributed by atoms with E-state index in [0.29, 0.717) is 18.4 Å². The monoisotopic (exact) mass is 567 g/mol. The number of carbonyl (C=O) groups excluding carboxylic acids is 1. The molecular formula is C32H36F3N3O3. The van der Waals surface area contributed by atoms with Gasteiger partial charge < -0.3 is 20.4 Å². The van der Waals surface area contributed by atoms with E-state index in [0.717, 1.165) is 61.2 Å². The molecule has 6 nitrogen and oxygen atoms in total. The van der Waals surface area contributed by atoms with Crippen molar-refractivity contribution in [1.29, 1.82) is 0 Å². The van der Waals surface area contributed by atoms with E-state index in [1.165, 1.54) is 0 Å². The highest BCUT2D eigenvalue weighted by Crippen LogP contribution is 2.51. The smallest absolute Gasteiger partial charge is 0.405 e. The van der Waals surface area contributed by atoms with Gasteiger partial charge in [-0.2, -0.15) is 13.2 Å². The maximum absolute atomic E-state index is 13.6. The van der Waals surface area contributed by atoms with Crippen molar-refractivity contribution in [3.05, 3.63) is 89.5 Å². The van der Waals surface area contributed by atoms with Crippen LogP contribution in [-0.2, 0) is 10.2 Å². The Labute approximate surface area is 238 Å². The minimum absolute atomic E-state index is 0.156. The maximum atomic E-state index is 13.6. The fourth-order valence-corrected chi connectivity index (χ4v) is 6.31. The molecule has 0 saturated carbocycles. The van der Waals surface area contributed by atoms with E-state index < -0.39 is 30.3 Å². The lowest BCUT2D eigenvalue weighted by molar-refractivity contribution is -0.141. The predicted octanol–water partition coefficient (Wildman–Crippen LogP) is 5.25. The minimum Gasteiger partial charge on any atom is -0.508 e. The Hall–Kier alpha value is -3.40. The Balaban J connectivity index is 1.20. The zero-order valence-corrected chi connectivity index (χ0v) is 22.8. The van der Waals surface area contributed by atoms with Crippen LogP contribution < -0.4 is 10.6 Å². The number of unbranched alkanes of at least 4 members (excludes halogenated alkanes) is 1. The largest absolute Gasteiger partial charge is 0.508 e. The summed E-state index contributed by atoms with van der Waals surface area (Å²) in [6.07, 6.45) is -1.63. The Bertz CT molecular complexity index is 1290. The lowest BCUT2D eigenvalue weighted by Gasteiger charge is -2.34. The molecule has 1 saturated heterocycles. The number of rotatable bonds is 10. The Kier molecular flexibility index (Phi) is 8.68. The first-order valence-corrected chi connectivity index (χ1v) is 14.2. The summed E-state index contributed by atoms with van der Waals surface area (Å²) in [7, 11) is 0. The number of phenolic OH excluding ortho intramolecular Hbond substituents is 1.